The van der Waals surface area contributed by atoms with Crippen LogP contribution in [0.2, 0.25) is 0 Å². The third-order valence-electron chi connectivity index (χ3n) is 2.66. The van der Waals surface area contributed by atoms with Gasteiger partial charge < -0.3 is 0 Å². The fourth-order valence-electron chi connectivity index (χ4n) is 1.80. The number of likely N-dealkylation sites (tertiary alicyclic amines) is 1. The Morgan fingerprint density at radius 3 is 2.36 bits per heavy atom. The Morgan fingerprint density at radius 1 is 1.07 bits per heavy atom. The number of hydrogen-bond donors (Lipinski definition) is 0. The summed E-state index contributed by atoms with van der Waals surface area (Å²) in [6, 6.07) is 10.4. The summed E-state index contributed by atoms with van der Waals surface area (Å²) in [4.78, 5) is 13.4. The highest BCUT2D eigenvalue weighted by atomic mass is 16.1. The summed E-state index contributed by atoms with van der Waals surface area (Å²) in [7, 11) is 0. The van der Waals surface area contributed by atoms with E-state index in [2.05, 4.69) is 29.2 Å². The Morgan fingerprint density at radius 2 is 1.71 bits per heavy atom. The zero-order chi connectivity index (χ0) is 9.80. The molecule has 1 saturated heterocycles. The van der Waals surface area contributed by atoms with Gasteiger partial charge in [-0.25, -0.2) is 0 Å². The number of piperidine rings is 1. The van der Waals surface area contributed by atoms with Crippen molar-refractivity contribution in [2.45, 2.75) is 19.4 Å². The molecule has 73 valence electrons. The van der Waals surface area contributed by atoms with Gasteiger partial charge in [0, 0.05) is 5.56 Å². The lowest BCUT2D eigenvalue weighted by Gasteiger charge is -2.16. The molecule has 2 rings (SSSR count). The van der Waals surface area contributed by atoms with E-state index in [0.717, 1.165) is 32.5 Å². The molecule has 1 aliphatic heterocycles. The summed E-state index contributed by atoms with van der Waals surface area (Å²) in [5.74, 6) is 0.411. The van der Waals surface area contributed by atoms with Crippen LogP contribution in [0.1, 0.15) is 18.4 Å². The SMILES string of the molecule is O=C1CC[N+](Cc2ccccc2)CC1. The second-order valence-corrected chi connectivity index (χ2v) is 3.80. The Labute approximate surface area is 84.5 Å². The topological polar surface area (TPSA) is 23.0 Å². The van der Waals surface area contributed by atoms with Crippen molar-refractivity contribution in [3.8, 4) is 0 Å². The molecule has 1 aromatic rings. The van der Waals surface area contributed by atoms with Gasteiger partial charge in [0.05, 0.1) is 12.8 Å². The van der Waals surface area contributed by atoms with E-state index >= 15 is 0 Å². The first kappa shape index (κ1) is 9.41. The number of carbonyl (C=O) groups is 1. The van der Waals surface area contributed by atoms with Crippen LogP contribution in [0.3, 0.4) is 0 Å². The Hall–Kier alpha value is -1.15. The van der Waals surface area contributed by atoms with Crippen molar-refractivity contribution in [2.75, 3.05) is 13.1 Å². The summed E-state index contributed by atoms with van der Waals surface area (Å²) in [5, 5.41) is 0. The van der Waals surface area contributed by atoms with E-state index in [9.17, 15) is 4.79 Å². The summed E-state index contributed by atoms with van der Waals surface area (Å²) < 4.78 is 0. The summed E-state index contributed by atoms with van der Waals surface area (Å²) in [6.45, 7) is 2.83. The number of carbonyl (C=O) groups excluding carboxylic acids is 1. The van der Waals surface area contributed by atoms with Gasteiger partial charge in [0.2, 0.25) is 0 Å². The van der Waals surface area contributed by atoms with E-state index < -0.39 is 0 Å². The van der Waals surface area contributed by atoms with Crippen LogP contribution in [-0.2, 0) is 11.3 Å². The largest absolute Gasteiger partial charge is 0.299 e. The molecule has 2 heteroatoms. The minimum atomic E-state index is 0.411. The van der Waals surface area contributed by atoms with Crippen molar-refractivity contribution in [3.05, 3.63) is 35.9 Å². The minimum Gasteiger partial charge on any atom is -0.299 e. The molecule has 1 heterocycles. The molecule has 1 radical (unpaired) electrons. The van der Waals surface area contributed by atoms with E-state index in [-0.39, 0.29) is 0 Å². The van der Waals surface area contributed by atoms with Crippen molar-refractivity contribution in [1.82, 2.24) is 4.90 Å². The van der Waals surface area contributed by atoms with E-state index in [0.29, 0.717) is 5.78 Å². The van der Waals surface area contributed by atoms with Crippen LogP contribution in [0.25, 0.3) is 0 Å². The normalized spacial score (nSPS) is 18.4. The van der Waals surface area contributed by atoms with E-state index in [1.165, 1.54) is 5.56 Å². The first-order valence-electron chi connectivity index (χ1n) is 5.12. The highest BCUT2D eigenvalue weighted by molar-refractivity contribution is 5.79. The number of nitrogens with zero attached hydrogens (tertiary/aromatic N) is 1. The van der Waals surface area contributed by atoms with E-state index in [1.54, 1.807) is 0 Å². The molecule has 0 spiro atoms. The maximum absolute atomic E-state index is 11.0. The third-order valence-corrected chi connectivity index (χ3v) is 2.66. The first-order valence-corrected chi connectivity index (χ1v) is 5.12. The van der Waals surface area contributed by atoms with Gasteiger partial charge >= 0.3 is 0 Å². The average molecular weight is 189 g/mol. The second kappa shape index (κ2) is 4.38. The molecule has 1 aliphatic rings. The summed E-state index contributed by atoms with van der Waals surface area (Å²) >= 11 is 0. The molecule has 0 bridgehead atoms. The predicted molar refractivity (Wildman–Crippen MR) is 56.3 cm³/mol. The molecule has 0 aliphatic carbocycles. The third kappa shape index (κ3) is 2.42. The molecule has 0 N–H and O–H groups in total. The van der Waals surface area contributed by atoms with Gasteiger partial charge in [-0.2, -0.15) is 4.90 Å². The maximum Gasteiger partial charge on any atom is 0.148 e. The number of Topliss-reactive ketones (excluding diaryl/α,β-unsaturated/α-hetero) is 1. The van der Waals surface area contributed by atoms with Crippen LogP contribution in [0.15, 0.2) is 30.3 Å². The standard InChI is InChI=1S/C12H15NO/c14-12-6-8-13(9-7-12)10-11-4-2-1-3-5-11/h1-5H,6-10H2/q+1. The molecule has 0 saturated carbocycles. The molecule has 0 atom stereocenters. The Balaban J connectivity index is 1.89. The smallest absolute Gasteiger partial charge is 0.148 e. The zero-order valence-electron chi connectivity index (χ0n) is 8.28. The van der Waals surface area contributed by atoms with E-state index in [4.69, 9.17) is 0 Å². The molecular formula is C12H15NO+. The average Bonchev–Trinajstić information content (AvgIpc) is 2.23. The van der Waals surface area contributed by atoms with Crippen LogP contribution in [0, 0.1) is 0 Å². The number of ketones is 1. The van der Waals surface area contributed by atoms with Crippen LogP contribution in [0.5, 0.6) is 0 Å². The number of benzene rings is 1. The van der Waals surface area contributed by atoms with Crippen LogP contribution in [-0.4, -0.2) is 18.9 Å². The van der Waals surface area contributed by atoms with Crippen LogP contribution >= 0.6 is 0 Å². The van der Waals surface area contributed by atoms with Gasteiger partial charge in [-0.15, -0.1) is 0 Å². The Kier molecular flexibility index (Phi) is 2.94. The van der Waals surface area contributed by atoms with Crippen molar-refractivity contribution in [1.29, 1.82) is 0 Å². The lowest BCUT2D eigenvalue weighted by molar-refractivity contribution is -0.120. The monoisotopic (exact) mass is 189 g/mol. The Bertz CT molecular complexity index is 297. The molecular weight excluding hydrogens is 174 g/mol. The highest BCUT2D eigenvalue weighted by Gasteiger charge is 2.23. The first-order chi connectivity index (χ1) is 6.84. The predicted octanol–water partition coefficient (Wildman–Crippen LogP) is 1.69. The van der Waals surface area contributed by atoms with Crippen LogP contribution < -0.4 is 4.90 Å². The molecule has 0 aromatic heterocycles. The molecule has 2 nitrogen and oxygen atoms in total. The molecule has 14 heavy (non-hydrogen) atoms. The zero-order valence-corrected chi connectivity index (χ0v) is 8.28. The van der Waals surface area contributed by atoms with Crippen molar-refractivity contribution < 1.29 is 4.79 Å². The van der Waals surface area contributed by atoms with Gasteiger partial charge in [0.15, 0.2) is 0 Å². The quantitative estimate of drug-likeness (QED) is 0.649. The summed E-state index contributed by atoms with van der Waals surface area (Å²) in [5.41, 5.74) is 1.34. The van der Waals surface area contributed by atoms with Gasteiger partial charge in [0.25, 0.3) is 0 Å². The fraction of sp³-hybridized carbons (Fsp3) is 0.417. The second-order valence-electron chi connectivity index (χ2n) is 3.80. The number of rotatable bonds is 2. The molecule has 1 aromatic carbocycles. The van der Waals surface area contributed by atoms with Crippen molar-refractivity contribution >= 4 is 5.78 Å². The van der Waals surface area contributed by atoms with Gasteiger partial charge in [-0.1, -0.05) is 30.3 Å². The van der Waals surface area contributed by atoms with Crippen molar-refractivity contribution in [2.24, 2.45) is 0 Å². The van der Waals surface area contributed by atoms with Gasteiger partial charge in [0.1, 0.15) is 25.4 Å². The number of hydrogen-bond acceptors (Lipinski definition) is 2. The van der Waals surface area contributed by atoms with Gasteiger partial charge in [-0.05, 0) is 0 Å². The lowest BCUT2D eigenvalue weighted by atomic mass is 10.1. The lowest BCUT2D eigenvalue weighted by Crippen LogP contribution is -2.38. The molecule has 1 fully saturated rings. The maximum atomic E-state index is 11.0. The molecule has 0 unspecified atom stereocenters. The van der Waals surface area contributed by atoms with Crippen molar-refractivity contribution in [3.63, 3.8) is 0 Å². The molecule has 0 amide bonds. The minimum absolute atomic E-state index is 0.411. The fourth-order valence-corrected chi connectivity index (χ4v) is 1.80. The van der Waals surface area contributed by atoms with Gasteiger partial charge in [-0.3, -0.25) is 4.79 Å². The van der Waals surface area contributed by atoms with E-state index in [1.807, 2.05) is 6.07 Å². The van der Waals surface area contributed by atoms with Crippen LogP contribution in [0.4, 0.5) is 0 Å². The highest BCUT2D eigenvalue weighted by Crippen LogP contribution is 2.08. The summed E-state index contributed by atoms with van der Waals surface area (Å²) in [6.07, 6.45) is 1.46.